The number of rotatable bonds is 4. The van der Waals surface area contributed by atoms with Gasteiger partial charge in [-0.05, 0) is 18.8 Å². The summed E-state index contributed by atoms with van der Waals surface area (Å²) in [6, 6.07) is 0. The molecular formula is C10H20N4O3S. The Kier molecular flexibility index (Phi) is 4.21. The summed E-state index contributed by atoms with van der Waals surface area (Å²) in [5.74, 6) is 0.457. The van der Waals surface area contributed by atoms with Crippen LogP contribution in [0.2, 0.25) is 0 Å². The van der Waals surface area contributed by atoms with Gasteiger partial charge in [0.15, 0.2) is 0 Å². The van der Waals surface area contributed by atoms with Gasteiger partial charge in [-0.1, -0.05) is 0 Å². The Hall–Kier alpha value is -0.700. The molecule has 1 amide bonds. The van der Waals surface area contributed by atoms with Crippen LogP contribution in [-0.4, -0.2) is 51.9 Å². The molecule has 0 saturated carbocycles. The molecule has 2 rings (SSSR count). The van der Waals surface area contributed by atoms with Crippen molar-refractivity contribution in [2.45, 2.75) is 12.8 Å². The number of amides is 1. The third kappa shape index (κ3) is 3.64. The van der Waals surface area contributed by atoms with Crippen LogP contribution in [-0.2, 0) is 15.0 Å². The van der Waals surface area contributed by atoms with Crippen LogP contribution in [0, 0.1) is 11.8 Å². The zero-order chi connectivity index (χ0) is 13.2. The van der Waals surface area contributed by atoms with Crippen molar-refractivity contribution in [3.63, 3.8) is 0 Å². The van der Waals surface area contributed by atoms with E-state index < -0.39 is 10.2 Å². The fourth-order valence-electron chi connectivity index (χ4n) is 2.39. The summed E-state index contributed by atoms with van der Waals surface area (Å²) in [5, 5.41) is 7.98. The quantitative estimate of drug-likeness (QED) is 0.565. The highest BCUT2D eigenvalue weighted by molar-refractivity contribution is 7.87. The largest absolute Gasteiger partial charge is 0.342 e. The third-order valence-electron chi connectivity index (χ3n) is 3.53. The highest BCUT2D eigenvalue weighted by Crippen LogP contribution is 2.19. The van der Waals surface area contributed by atoms with E-state index in [1.54, 1.807) is 0 Å². The van der Waals surface area contributed by atoms with Gasteiger partial charge in [0.2, 0.25) is 5.91 Å². The molecule has 18 heavy (non-hydrogen) atoms. The van der Waals surface area contributed by atoms with Gasteiger partial charge in [-0.2, -0.15) is 8.42 Å². The minimum atomic E-state index is -3.63. The second-order valence-corrected chi connectivity index (χ2v) is 6.42. The predicted octanol–water partition coefficient (Wildman–Crippen LogP) is -1.76. The summed E-state index contributed by atoms with van der Waals surface area (Å²) in [6.07, 6.45) is 1.85. The molecule has 0 aliphatic carbocycles. The average Bonchev–Trinajstić information content (AvgIpc) is 2.23. The molecule has 1 unspecified atom stereocenters. The lowest BCUT2D eigenvalue weighted by molar-refractivity contribution is -0.138. The molecule has 1 atom stereocenters. The summed E-state index contributed by atoms with van der Waals surface area (Å²) in [7, 11) is -3.63. The van der Waals surface area contributed by atoms with E-state index in [1.165, 1.54) is 0 Å². The minimum Gasteiger partial charge on any atom is -0.342 e. The van der Waals surface area contributed by atoms with E-state index in [-0.39, 0.29) is 17.7 Å². The lowest BCUT2D eigenvalue weighted by Gasteiger charge is -2.37. The van der Waals surface area contributed by atoms with Crippen molar-refractivity contribution in [1.82, 2.24) is 14.9 Å². The molecule has 0 bridgehead atoms. The standard InChI is InChI=1S/C10H20N4O3S/c11-18(16,17)13-4-8-2-1-3-14(7-8)10(15)9-5-12-6-9/h8-9,12-13H,1-7H2,(H2,11,16,17). The number of nitrogens with one attached hydrogen (secondary N) is 2. The second-order valence-electron chi connectivity index (χ2n) is 5.04. The monoisotopic (exact) mass is 276 g/mol. The van der Waals surface area contributed by atoms with Gasteiger partial charge in [-0.25, -0.2) is 9.86 Å². The third-order valence-corrected chi connectivity index (χ3v) is 4.10. The number of piperidine rings is 1. The van der Waals surface area contributed by atoms with E-state index in [1.807, 2.05) is 4.90 Å². The maximum Gasteiger partial charge on any atom is 0.274 e. The molecule has 7 nitrogen and oxygen atoms in total. The van der Waals surface area contributed by atoms with Crippen molar-refractivity contribution in [1.29, 1.82) is 0 Å². The topological polar surface area (TPSA) is 105 Å². The molecule has 0 aromatic carbocycles. The van der Waals surface area contributed by atoms with Gasteiger partial charge in [0.25, 0.3) is 10.2 Å². The second kappa shape index (κ2) is 5.52. The number of nitrogens with two attached hydrogens (primary N) is 1. The van der Waals surface area contributed by atoms with E-state index >= 15 is 0 Å². The molecular weight excluding hydrogens is 256 g/mol. The van der Waals surface area contributed by atoms with E-state index in [0.717, 1.165) is 32.5 Å². The van der Waals surface area contributed by atoms with Crippen LogP contribution >= 0.6 is 0 Å². The molecule has 2 heterocycles. The van der Waals surface area contributed by atoms with Gasteiger partial charge in [0, 0.05) is 32.7 Å². The summed E-state index contributed by atoms with van der Waals surface area (Å²) >= 11 is 0. The van der Waals surface area contributed by atoms with Gasteiger partial charge < -0.3 is 10.2 Å². The highest BCUT2D eigenvalue weighted by atomic mass is 32.2. The summed E-state index contributed by atoms with van der Waals surface area (Å²) in [6.45, 7) is 3.23. The first kappa shape index (κ1) is 13.7. The number of carbonyl (C=O) groups is 1. The zero-order valence-electron chi connectivity index (χ0n) is 10.3. The lowest BCUT2D eigenvalue weighted by atomic mass is 9.95. The maximum atomic E-state index is 12.0. The van der Waals surface area contributed by atoms with E-state index in [4.69, 9.17) is 5.14 Å². The predicted molar refractivity (Wildman–Crippen MR) is 66.8 cm³/mol. The first-order valence-electron chi connectivity index (χ1n) is 6.22. The van der Waals surface area contributed by atoms with Crippen LogP contribution < -0.4 is 15.2 Å². The summed E-state index contributed by atoms with van der Waals surface area (Å²) in [4.78, 5) is 13.9. The van der Waals surface area contributed by atoms with Crippen LogP contribution in [0.1, 0.15) is 12.8 Å². The van der Waals surface area contributed by atoms with Gasteiger partial charge >= 0.3 is 0 Å². The number of nitrogens with zero attached hydrogens (tertiary/aromatic N) is 1. The molecule has 2 fully saturated rings. The molecule has 0 aromatic rings. The van der Waals surface area contributed by atoms with Crippen LogP contribution in [0.3, 0.4) is 0 Å². The molecule has 2 saturated heterocycles. The van der Waals surface area contributed by atoms with E-state index in [0.29, 0.717) is 13.1 Å². The van der Waals surface area contributed by atoms with Crippen molar-refractivity contribution in [3.05, 3.63) is 0 Å². The average molecular weight is 276 g/mol. The molecule has 2 aliphatic heterocycles. The van der Waals surface area contributed by atoms with Crippen LogP contribution in [0.15, 0.2) is 0 Å². The molecule has 0 aromatic heterocycles. The highest BCUT2D eigenvalue weighted by Gasteiger charge is 2.32. The Labute approximate surface area is 107 Å². The van der Waals surface area contributed by atoms with E-state index in [9.17, 15) is 13.2 Å². The van der Waals surface area contributed by atoms with Crippen LogP contribution in [0.25, 0.3) is 0 Å². The first-order valence-corrected chi connectivity index (χ1v) is 7.77. The summed E-state index contributed by atoms with van der Waals surface area (Å²) in [5.41, 5.74) is 0. The van der Waals surface area contributed by atoms with Crippen LogP contribution in [0.4, 0.5) is 0 Å². The fourth-order valence-corrected chi connectivity index (χ4v) is 2.86. The van der Waals surface area contributed by atoms with Gasteiger partial charge in [-0.15, -0.1) is 0 Å². The smallest absolute Gasteiger partial charge is 0.274 e. The molecule has 8 heteroatoms. The number of hydrogen-bond acceptors (Lipinski definition) is 4. The van der Waals surface area contributed by atoms with Crippen LogP contribution in [0.5, 0.6) is 0 Å². The molecule has 0 spiro atoms. The van der Waals surface area contributed by atoms with Crippen molar-refractivity contribution < 1.29 is 13.2 Å². The zero-order valence-corrected chi connectivity index (χ0v) is 11.1. The molecule has 104 valence electrons. The minimum absolute atomic E-state index is 0.106. The Morgan fingerprint density at radius 1 is 1.44 bits per heavy atom. The van der Waals surface area contributed by atoms with Crippen molar-refractivity contribution in [2.24, 2.45) is 17.0 Å². The van der Waals surface area contributed by atoms with Gasteiger partial charge in [0.1, 0.15) is 0 Å². The van der Waals surface area contributed by atoms with Crippen molar-refractivity contribution >= 4 is 16.1 Å². The Bertz CT molecular complexity index is 407. The van der Waals surface area contributed by atoms with Crippen molar-refractivity contribution in [2.75, 3.05) is 32.7 Å². The molecule has 0 radical (unpaired) electrons. The van der Waals surface area contributed by atoms with Gasteiger partial charge in [-0.3, -0.25) is 4.79 Å². The normalized spacial score (nSPS) is 25.8. The SMILES string of the molecule is NS(=O)(=O)NCC1CCCN(C(=O)C2CNC2)C1. The van der Waals surface area contributed by atoms with Crippen molar-refractivity contribution in [3.8, 4) is 0 Å². The maximum absolute atomic E-state index is 12.0. The molecule has 2 aliphatic rings. The molecule has 4 N–H and O–H groups in total. The van der Waals surface area contributed by atoms with E-state index in [2.05, 4.69) is 10.0 Å². The first-order chi connectivity index (χ1) is 8.46. The Morgan fingerprint density at radius 2 is 2.17 bits per heavy atom. The fraction of sp³-hybridized carbons (Fsp3) is 0.900. The summed E-state index contributed by atoms with van der Waals surface area (Å²) < 4.78 is 24.0. The number of hydrogen-bond donors (Lipinski definition) is 3. The van der Waals surface area contributed by atoms with Gasteiger partial charge in [0.05, 0.1) is 5.92 Å². The number of likely N-dealkylation sites (tertiary alicyclic amines) is 1. The number of carbonyl (C=O) groups excluding carboxylic acids is 1. The Balaban J connectivity index is 1.82. The lowest BCUT2D eigenvalue weighted by Crippen LogP contribution is -2.54. The Morgan fingerprint density at radius 3 is 2.72 bits per heavy atom.